The van der Waals surface area contributed by atoms with E-state index >= 15 is 0 Å². The highest BCUT2D eigenvalue weighted by molar-refractivity contribution is 6.05. The van der Waals surface area contributed by atoms with Crippen LogP contribution >= 0.6 is 0 Å². The number of nitrogens with zero attached hydrogens (tertiary/aromatic N) is 1. The zero-order chi connectivity index (χ0) is 17.4. The number of ether oxygens (including phenoxy) is 1. The lowest BCUT2D eigenvalue weighted by atomic mass is 10.2. The lowest BCUT2D eigenvalue weighted by molar-refractivity contribution is 0.102. The molecular formula is C19H25N3O2. The highest BCUT2D eigenvalue weighted by atomic mass is 16.5. The average Bonchev–Trinajstić information content (AvgIpc) is 2.57. The van der Waals surface area contributed by atoms with E-state index in [1.165, 1.54) is 0 Å². The van der Waals surface area contributed by atoms with Gasteiger partial charge in [-0.15, -0.1) is 0 Å². The molecule has 128 valence electrons. The van der Waals surface area contributed by atoms with E-state index in [-0.39, 0.29) is 12.0 Å². The third kappa shape index (κ3) is 5.26. The summed E-state index contributed by atoms with van der Waals surface area (Å²) >= 11 is 0. The molecule has 0 unspecified atom stereocenters. The van der Waals surface area contributed by atoms with Crippen LogP contribution in [-0.2, 0) is 0 Å². The number of amides is 1. The summed E-state index contributed by atoms with van der Waals surface area (Å²) in [6.45, 7) is 6.91. The van der Waals surface area contributed by atoms with Gasteiger partial charge in [0.1, 0.15) is 5.75 Å². The van der Waals surface area contributed by atoms with Crippen molar-refractivity contribution in [3.63, 3.8) is 0 Å². The fraction of sp³-hybridized carbons (Fsp3) is 0.368. The van der Waals surface area contributed by atoms with E-state index in [2.05, 4.69) is 22.5 Å². The maximum absolute atomic E-state index is 12.5. The Labute approximate surface area is 143 Å². The number of carbonyl (C=O) groups excluding carboxylic acids is 1. The molecule has 1 aromatic heterocycles. The lowest BCUT2D eigenvalue weighted by Gasteiger charge is -2.15. The molecule has 24 heavy (non-hydrogen) atoms. The van der Waals surface area contributed by atoms with Crippen LogP contribution in [0.2, 0.25) is 0 Å². The van der Waals surface area contributed by atoms with Crippen LogP contribution in [0.5, 0.6) is 5.75 Å². The Morgan fingerprint density at radius 1 is 1.25 bits per heavy atom. The van der Waals surface area contributed by atoms with Gasteiger partial charge in [-0.1, -0.05) is 25.5 Å². The van der Waals surface area contributed by atoms with Crippen molar-refractivity contribution in [2.24, 2.45) is 0 Å². The van der Waals surface area contributed by atoms with Gasteiger partial charge in [0.15, 0.2) is 0 Å². The molecule has 0 atom stereocenters. The Morgan fingerprint density at radius 2 is 2.04 bits per heavy atom. The van der Waals surface area contributed by atoms with Gasteiger partial charge in [-0.3, -0.25) is 9.78 Å². The SMILES string of the molecule is CCCCNc1cncc(C(=O)Nc2ccccc2OC(C)C)c1. The molecule has 0 aliphatic rings. The van der Waals surface area contributed by atoms with Crippen LogP contribution in [0.3, 0.4) is 0 Å². The van der Waals surface area contributed by atoms with E-state index in [4.69, 9.17) is 4.74 Å². The third-order valence-corrected chi connectivity index (χ3v) is 3.36. The van der Waals surface area contributed by atoms with E-state index < -0.39 is 0 Å². The normalized spacial score (nSPS) is 10.5. The van der Waals surface area contributed by atoms with Crippen molar-refractivity contribution in [2.45, 2.75) is 39.7 Å². The zero-order valence-electron chi connectivity index (χ0n) is 14.5. The highest BCUT2D eigenvalue weighted by Gasteiger charge is 2.11. The predicted octanol–water partition coefficient (Wildman–Crippen LogP) is 4.33. The Kier molecular flexibility index (Phi) is 6.61. The van der Waals surface area contributed by atoms with E-state index in [0.717, 1.165) is 25.1 Å². The number of para-hydroxylation sites is 2. The van der Waals surface area contributed by atoms with Crippen molar-refractivity contribution >= 4 is 17.3 Å². The minimum absolute atomic E-state index is 0.0378. The van der Waals surface area contributed by atoms with Gasteiger partial charge in [0.25, 0.3) is 5.91 Å². The van der Waals surface area contributed by atoms with Crippen molar-refractivity contribution in [3.05, 3.63) is 48.3 Å². The summed E-state index contributed by atoms with van der Waals surface area (Å²) in [4.78, 5) is 16.6. The molecule has 0 aliphatic carbocycles. The van der Waals surface area contributed by atoms with E-state index in [1.807, 2.05) is 44.2 Å². The summed E-state index contributed by atoms with van der Waals surface area (Å²) in [5.74, 6) is 0.451. The molecule has 0 radical (unpaired) electrons. The smallest absolute Gasteiger partial charge is 0.257 e. The van der Waals surface area contributed by atoms with Crippen LogP contribution in [-0.4, -0.2) is 23.5 Å². The number of aromatic nitrogens is 1. The van der Waals surface area contributed by atoms with Crippen molar-refractivity contribution in [1.82, 2.24) is 4.98 Å². The number of hydrogen-bond acceptors (Lipinski definition) is 4. The van der Waals surface area contributed by atoms with Crippen LogP contribution in [0.1, 0.15) is 44.0 Å². The van der Waals surface area contributed by atoms with Crippen molar-refractivity contribution < 1.29 is 9.53 Å². The fourth-order valence-corrected chi connectivity index (χ4v) is 2.19. The second kappa shape index (κ2) is 8.91. The van der Waals surface area contributed by atoms with Crippen LogP contribution in [0.15, 0.2) is 42.7 Å². The van der Waals surface area contributed by atoms with E-state index in [0.29, 0.717) is 17.0 Å². The van der Waals surface area contributed by atoms with Crippen LogP contribution in [0, 0.1) is 0 Å². The van der Waals surface area contributed by atoms with Crippen LogP contribution in [0.25, 0.3) is 0 Å². The molecule has 1 heterocycles. The van der Waals surface area contributed by atoms with Gasteiger partial charge >= 0.3 is 0 Å². The Morgan fingerprint density at radius 3 is 2.79 bits per heavy atom. The maximum Gasteiger partial charge on any atom is 0.257 e. The minimum atomic E-state index is -0.207. The molecule has 1 aromatic carbocycles. The molecule has 5 nitrogen and oxygen atoms in total. The number of nitrogens with one attached hydrogen (secondary N) is 2. The molecule has 2 N–H and O–H groups in total. The summed E-state index contributed by atoms with van der Waals surface area (Å²) in [6, 6.07) is 9.23. The first-order valence-electron chi connectivity index (χ1n) is 8.36. The van der Waals surface area contributed by atoms with E-state index in [1.54, 1.807) is 12.4 Å². The second-order valence-electron chi connectivity index (χ2n) is 5.86. The van der Waals surface area contributed by atoms with Gasteiger partial charge < -0.3 is 15.4 Å². The van der Waals surface area contributed by atoms with Crippen molar-refractivity contribution in [1.29, 1.82) is 0 Å². The average molecular weight is 327 g/mol. The highest BCUT2D eigenvalue weighted by Crippen LogP contribution is 2.25. The molecule has 0 saturated carbocycles. The number of hydrogen-bond donors (Lipinski definition) is 2. The topological polar surface area (TPSA) is 63.2 Å². The van der Waals surface area contributed by atoms with Gasteiger partial charge in [0.2, 0.25) is 0 Å². The van der Waals surface area contributed by atoms with Gasteiger partial charge in [0.05, 0.1) is 23.0 Å². The summed E-state index contributed by atoms with van der Waals surface area (Å²) in [6.07, 6.45) is 5.52. The first kappa shape index (κ1) is 17.8. The van der Waals surface area contributed by atoms with Gasteiger partial charge in [-0.05, 0) is 38.5 Å². The Hall–Kier alpha value is -2.56. The molecule has 2 rings (SSSR count). The van der Waals surface area contributed by atoms with Crippen LogP contribution < -0.4 is 15.4 Å². The first-order chi connectivity index (χ1) is 11.6. The number of unbranched alkanes of at least 4 members (excludes halogenated alkanes) is 1. The monoisotopic (exact) mass is 327 g/mol. The number of benzene rings is 1. The fourth-order valence-electron chi connectivity index (χ4n) is 2.19. The standard InChI is InChI=1S/C19H25N3O2/c1-4-5-10-21-16-11-15(12-20-13-16)19(23)22-17-8-6-7-9-18(17)24-14(2)3/h6-9,11-14,21H,4-5,10H2,1-3H3,(H,22,23). The largest absolute Gasteiger partial charge is 0.489 e. The summed E-state index contributed by atoms with van der Waals surface area (Å²) in [7, 11) is 0. The van der Waals surface area contributed by atoms with Crippen molar-refractivity contribution in [3.8, 4) is 5.75 Å². The molecule has 0 fully saturated rings. The number of carbonyl (C=O) groups is 1. The molecule has 1 amide bonds. The lowest BCUT2D eigenvalue weighted by Crippen LogP contribution is -2.15. The molecule has 5 heteroatoms. The van der Waals surface area contributed by atoms with Gasteiger partial charge in [0, 0.05) is 18.9 Å². The summed E-state index contributed by atoms with van der Waals surface area (Å²) in [5, 5.41) is 6.17. The Balaban J connectivity index is 2.08. The quantitative estimate of drug-likeness (QED) is 0.708. The van der Waals surface area contributed by atoms with Crippen LogP contribution in [0.4, 0.5) is 11.4 Å². The second-order valence-corrected chi connectivity index (χ2v) is 5.86. The molecule has 0 aliphatic heterocycles. The van der Waals surface area contributed by atoms with Crippen molar-refractivity contribution in [2.75, 3.05) is 17.2 Å². The predicted molar refractivity (Wildman–Crippen MR) is 97.8 cm³/mol. The van der Waals surface area contributed by atoms with Gasteiger partial charge in [-0.25, -0.2) is 0 Å². The summed E-state index contributed by atoms with van der Waals surface area (Å²) < 4.78 is 5.73. The number of pyridine rings is 1. The molecule has 0 spiro atoms. The first-order valence-corrected chi connectivity index (χ1v) is 8.36. The molecule has 2 aromatic rings. The molecule has 0 saturated heterocycles. The Bertz CT molecular complexity index is 671. The minimum Gasteiger partial charge on any atom is -0.489 e. The summed E-state index contributed by atoms with van der Waals surface area (Å²) in [5.41, 5.74) is 2.01. The van der Waals surface area contributed by atoms with Gasteiger partial charge in [-0.2, -0.15) is 0 Å². The third-order valence-electron chi connectivity index (χ3n) is 3.36. The maximum atomic E-state index is 12.5. The zero-order valence-corrected chi connectivity index (χ0v) is 14.5. The van der Waals surface area contributed by atoms with E-state index in [9.17, 15) is 4.79 Å². The molecule has 0 bridgehead atoms. The number of anilines is 2. The molecular weight excluding hydrogens is 302 g/mol. The number of rotatable bonds is 8.